The highest BCUT2D eigenvalue weighted by Gasteiger charge is 2.10. The summed E-state index contributed by atoms with van der Waals surface area (Å²) in [6.45, 7) is 10.2. The van der Waals surface area contributed by atoms with Crippen molar-refractivity contribution in [1.82, 2.24) is 20.1 Å². The summed E-state index contributed by atoms with van der Waals surface area (Å²) in [7, 11) is 0. The van der Waals surface area contributed by atoms with E-state index in [1.165, 1.54) is 16.7 Å². The Kier molecular flexibility index (Phi) is 4.32. The molecule has 2 aromatic rings. The van der Waals surface area contributed by atoms with E-state index in [0.717, 1.165) is 18.9 Å². The second kappa shape index (κ2) is 5.97. The first-order chi connectivity index (χ1) is 9.11. The predicted octanol–water partition coefficient (Wildman–Crippen LogP) is 2.77. The molecule has 1 atom stereocenters. The molecular formula is C15H22N4. The van der Waals surface area contributed by atoms with E-state index in [0.29, 0.717) is 6.04 Å². The Balaban J connectivity index is 2.03. The summed E-state index contributed by atoms with van der Waals surface area (Å²) >= 11 is 0. The maximum atomic E-state index is 4.14. The Labute approximate surface area is 114 Å². The molecule has 4 nitrogen and oxygen atoms in total. The van der Waals surface area contributed by atoms with Crippen molar-refractivity contribution in [2.75, 3.05) is 0 Å². The highest BCUT2D eigenvalue weighted by molar-refractivity contribution is 5.32. The highest BCUT2D eigenvalue weighted by Crippen LogP contribution is 2.18. The number of aromatic nitrogens is 3. The van der Waals surface area contributed by atoms with E-state index in [9.17, 15) is 0 Å². The lowest BCUT2D eigenvalue weighted by Crippen LogP contribution is -2.21. The third kappa shape index (κ3) is 3.20. The van der Waals surface area contributed by atoms with Crippen LogP contribution in [0, 0.1) is 13.8 Å². The lowest BCUT2D eigenvalue weighted by Gasteiger charge is -2.17. The van der Waals surface area contributed by atoms with Gasteiger partial charge in [0.25, 0.3) is 0 Å². The van der Waals surface area contributed by atoms with Crippen molar-refractivity contribution in [2.24, 2.45) is 0 Å². The van der Waals surface area contributed by atoms with Crippen molar-refractivity contribution in [1.29, 1.82) is 0 Å². The van der Waals surface area contributed by atoms with E-state index >= 15 is 0 Å². The van der Waals surface area contributed by atoms with Crippen molar-refractivity contribution in [3.05, 3.63) is 47.0 Å². The van der Waals surface area contributed by atoms with Gasteiger partial charge in [-0.05, 0) is 38.8 Å². The summed E-state index contributed by atoms with van der Waals surface area (Å²) < 4.78 is 2.06. The lowest BCUT2D eigenvalue weighted by molar-refractivity contribution is 0.537. The van der Waals surface area contributed by atoms with Crippen LogP contribution < -0.4 is 5.32 Å². The van der Waals surface area contributed by atoms with Gasteiger partial charge in [0.05, 0.1) is 6.54 Å². The second-order valence-corrected chi connectivity index (χ2v) is 5.00. The molecule has 1 unspecified atom stereocenters. The topological polar surface area (TPSA) is 42.7 Å². The van der Waals surface area contributed by atoms with Gasteiger partial charge in [-0.25, -0.2) is 0 Å². The first-order valence-electron chi connectivity index (χ1n) is 6.79. The van der Waals surface area contributed by atoms with Crippen LogP contribution in [0.3, 0.4) is 0 Å². The summed E-state index contributed by atoms with van der Waals surface area (Å²) in [5, 5.41) is 11.6. The lowest BCUT2D eigenvalue weighted by atomic mass is 10.0. The first-order valence-corrected chi connectivity index (χ1v) is 6.79. The van der Waals surface area contributed by atoms with Crippen LogP contribution in [-0.2, 0) is 13.1 Å². The standard InChI is InChI=1S/C15H22N4/c1-5-19-10-17-18-15(19)9-16-13(4)14-7-6-11(2)8-12(14)3/h6-8,10,13,16H,5,9H2,1-4H3. The van der Waals surface area contributed by atoms with E-state index < -0.39 is 0 Å². The van der Waals surface area contributed by atoms with E-state index in [-0.39, 0.29) is 0 Å². The first kappa shape index (κ1) is 13.7. The van der Waals surface area contributed by atoms with Crippen molar-refractivity contribution < 1.29 is 0 Å². The maximum Gasteiger partial charge on any atom is 0.146 e. The summed E-state index contributed by atoms with van der Waals surface area (Å²) in [4.78, 5) is 0. The smallest absolute Gasteiger partial charge is 0.146 e. The van der Waals surface area contributed by atoms with Gasteiger partial charge in [-0.3, -0.25) is 0 Å². The largest absolute Gasteiger partial charge is 0.317 e. The number of hydrogen-bond donors (Lipinski definition) is 1. The fraction of sp³-hybridized carbons (Fsp3) is 0.467. The molecule has 0 amide bonds. The van der Waals surface area contributed by atoms with E-state index in [1.807, 2.05) is 0 Å². The zero-order valence-electron chi connectivity index (χ0n) is 12.1. The minimum atomic E-state index is 0.308. The van der Waals surface area contributed by atoms with Gasteiger partial charge in [0.1, 0.15) is 12.2 Å². The van der Waals surface area contributed by atoms with E-state index in [2.05, 4.69) is 66.0 Å². The van der Waals surface area contributed by atoms with Crippen LogP contribution in [0.2, 0.25) is 0 Å². The Morgan fingerprint density at radius 2 is 2.11 bits per heavy atom. The average molecular weight is 258 g/mol. The number of nitrogens with zero attached hydrogens (tertiary/aromatic N) is 3. The SMILES string of the molecule is CCn1cnnc1CNC(C)c1ccc(C)cc1C. The summed E-state index contributed by atoms with van der Waals surface area (Å²) in [5.74, 6) is 0.985. The van der Waals surface area contributed by atoms with Crippen molar-refractivity contribution in [2.45, 2.75) is 46.8 Å². The van der Waals surface area contributed by atoms with Crippen LogP contribution in [-0.4, -0.2) is 14.8 Å². The van der Waals surface area contributed by atoms with Crippen molar-refractivity contribution in [3.8, 4) is 0 Å². The van der Waals surface area contributed by atoms with Gasteiger partial charge in [-0.15, -0.1) is 10.2 Å². The van der Waals surface area contributed by atoms with Crippen molar-refractivity contribution in [3.63, 3.8) is 0 Å². The number of hydrogen-bond acceptors (Lipinski definition) is 3. The molecule has 19 heavy (non-hydrogen) atoms. The Morgan fingerprint density at radius 3 is 2.79 bits per heavy atom. The second-order valence-electron chi connectivity index (χ2n) is 5.00. The molecule has 0 fully saturated rings. The van der Waals surface area contributed by atoms with Gasteiger partial charge in [-0.2, -0.15) is 0 Å². The molecule has 0 aliphatic carbocycles. The van der Waals surface area contributed by atoms with Crippen LogP contribution in [0.15, 0.2) is 24.5 Å². The number of nitrogens with one attached hydrogen (secondary N) is 1. The molecular weight excluding hydrogens is 236 g/mol. The molecule has 1 heterocycles. The highest BCUT2D eigenvalue weighted by atomic mass is 15.3. The van der Waals surface area contributed by atoms with Gasteiger partial charge >= 0.3 is 0 Å². The van der Waals surface area contributed by atoms with Gasteiger partial charge in [0.15, 0.2) is 0 Å². The average Bonchev–Trinajstić information content (AvgIpc) is 2.83. The quantitative estimate of drug-likeness (QED) is 0.896. The molecule has 0 saturated carbocycles. The molecule has 0 radical (unpaired) electrons. The maximum absolute atomic E-state index is 4.14. The molecule has 1 aromatic carbocycles. The van der Waals surface area contributed by atoms with Crippen LogP contribution in [0.1, 0.15) is 42.4 Å². The molecule has 0 aliphatic rings. The van der Waals surface area contributed by atoms with Gasteiger partial charge in [0.2, 0.25) is 0 Å². The monoisotopic (exact) mass is 258 g/mol. The minimum Gasteiger partial charge on any atom is -0.317 e. The molecule has 0 aliphatic heterocycles. The number of rotatable bonds is 5. The third-order valence-electron chi connectivity index (χ3n) is 3.49. The molecule has 4 heteroatoms. The summed E-state index contributed by atoms with van der Waals surface area (Å²) in [5.41, 5.74) is 3.98. The van der Waals surface area contributed by atoms with Crippen LogP contribution in [0.25, 0.3) is 0 Å². The van der Waals surface area contributed by atoms with Crippen molar-refractivity contribution >= 4 is 0 Å². The zero-order valence-corrected chi connectivity index (χ0v) is 12.1. The molecule has 1 N–H and O–H groups in total. The van der Waals surface area contributed by atoms with Crippen LogP contribution >= 0.6 is 0 Å². The number of aryl methyl sites for hydroxylation is 3. The summed E-state index contributed by atoms with van der Waals surface area (Å²) in [6, 6.07) is 6.90. The number of benzene rings is 1. The molecule has 2 rings (SSSR count). The van der Waals surface area contributed by atoms with E-state index in [1.54, 1.807) is 6.33 Å². The molecule has 102 valence electrons. The van der Waals surface area contributed by atoms with Crippen LogP contribution in [0.4, 0.5) is 0 Å². The zero-order chi connectivity index (χ0) is 13.8. The van der Waals surface area contributed by atoms with Gasteiger partial charge in [-0.1, -0.05) is 23.8 Å². The van der Waals surface area contributed by atoms with Gasteiger partial charge < -0.3 is 9.88 Å². The fourth-order valence-corrected chi connectivity index (χ4v) is 2.35. The van der Waals surface area contributed by atoms with E-state index in [4.69, 9.17) is 0 Å². The normalized spacial score (nSPS) is 12.6. The van der Waals surface area contributed by atoms with Gasteiger partial charge in [0, 0.05) is 12.6 Å². The predicted molar refractivity (Wildman–Crippen MR) is 76.9 cm³/mol. The molecule has 0 saturated heterocycles. The molecule has 0 bridgehead atoms. The Hall–Kier alpha value is -1.68. The Bertz CT molecular complexity index is 545. The minimum absolute atomic E-state index is 0.308. The third-order valence-corrected chi connectivity index (χ3v) is 3.49. The van der Waals surface area contributed by atoms with Crippen LogP contribution in [0.5, 0.6) is 0 Å². The molecule has 1 aromatic heterocycles. The summed E-state index contributed by atoms with van der Waals surface area (Å²) in [6.07, 6.45) is 1.78. The Morgan fingerprint density at radius 1 is 1.32 bits per heavy atom. The molecule has 0 spiro atoms. The fourth-order valence-electron chi connectivity index (χ4n) is 2.35.